The molecule has 2 rings (SSSR count). The van der Waals surface area contributed by atoms with Crippen LogP contribution in [0, 0.1) is 11.3 Å². The van der Waals surface area contributed by atoms with Crippen LogP contribution in [0.5, 0.6) is 5.75 Å². The number of carbonyl (C=O) groups is 1. The third kappa shape index (κ3) is 5.33. The first-order valence-corrected chi connectivity index (χ1v) is 7.86. The number of amides is 2. The minimum absolute atomic E-state index is 0.306. The van der Waals surface area contributed by atoms with Crippen LogP contribution in [0.3, 0.4) is 0 Å². The van der Waals surface area contributed by atoms with Crippen molar-refractivity contribution in [2.75, 3.05) is 18.5 Å². The number of urea groups is 1. The summed E-state index contributed by atoms with van der Waals surface area (Å²) in [5.74, 6) is 1.25. The molecule has 0 heterocycles. The van der Waals surface area contributed by atoms with Gasteiger partial charge in [0, 0.05) is 5.69 Å². The molecule has 24 heavy (non-hydrogen) atoms. The molecule has 0 saturated carbocycles. The number of ether oxygens (including phenoxy) is 1. The van der Waals surface area contributed by atoms with E-state index in [0.717, 1.165) is 5.75 Å². The van der Waals surface area contributed by atoms with E-state index < -0.39 is 0 Å². The predicted molar refractivity (Wildman–Crippen MR) is 94.2 cm³/mol. The molecule has 124 valence electrons. The summed E-state index contributed by atoms with van der Waals surface area (Å²) in [5.41, 5.74) is 2.41. The summed E-state index contributed by atoms with van der Waals surface area (Å²) in [6, 6.07) is 16.4. The number of carbonyl (C=O) groups excluding carboxylic acids is 1. The normalized spacial score (nSPS) is 10.1. The van der Waals surface area contributed by atoms with Crippen LogP contribution in [-0.4, -0.2) is 19.2 Å². The zero-order valence-electron chi connectivity index (χ0n) is 13.9. The number of rotatable bonds is 6. The standard InChI is InChI=1S/C19H21N3O2/c1-14(2)16-4-3-5-18(12-16)24-11-10-21-19(23)22-17-8-6-15(13-20)7-9-17/h3-9,12,14H,10-11H2,1-2H3,(H2,21,22,23). The van der Waals surface area contributed by atoms with Gasteiger partial charge in [0.15, 0.2) is 0 Å². The summed E-state index contributed by atoms with van der Waals surface area (Å²) in [6.45, 7) is 5.05. The van der Waals surface area contributed by atoms with E-state index in [2.05, 4.69) is 30.5 Å². The van der Waals surface area contributed by atoms with Crippen molar-refractivity contribution in [2.45, 2.75) is 19.8 Å². The Balaban J connectivity index is 1.72. The Morgan fingerprint density at radius 2 is 1.96 bits per heavy atom. The van der Waals surface area contributed by atoms with Gasteiger partial charge in [-0.1, -0.05) is 26.0 Å². The number of hydrogen-bond donors (Lipinski definition) is 2. The maximum absolute atomic E-state index is 11.8. The van der Waals surface area contributed by atoms with E-state index in [4.69, 9.17) is 10.00 Å². The van der Waals surface area contributed by atoms with Crippen LogP contribution in [0.1, 0.15) is 30.9 Å². The van der Waals surface area contributed by atoms with Crippen LogP contribution in [0.15, 0.2) is 48.5 Å². The molecular formula is C19H21N3O2. The fraction of sp³-hybridized carbons (Fsp3) is 0.263. The first kappa shape index (κ1) is 17.4. The molecule has 0 aromatic heterocycles. The molecule has 0 radical (unpaired) electrons. The van der Waals surface area contributed by atoms with Crippen LogP contribution in [0.2, 0.25) is 0 Å². The van der Waals surface area contributed by atoms with E-state index in [1.54, 1.807) is 24.3 Å². The van der Waals surface area contributed by atoms with Gasteiger partial charge in [0.25, 0.3) is 0 Å². The smallest absolute Gasteiger partial charge is 0.319 e. The van der Waals surface area contributed by atoms with Crippen LogP contribution in [0.4, 0.5) is 10.5 Å². The Bertz CT molecular complexity index is 718. The van der Waals surface area contributed by atoms with E-state index in [-0.39, 0.29) is 6.03 Å². The summed E-state index contributed by atoms with van der Waals surface area (Å²) in [6.07, 6.45) is 0. The maximum Gasteiger partial charge on any atom is 0.319 e. The molecule has 2 aromatic carbocycles. The molecule has 0 aliphatic carbocycles. The Kier molecular flexibility index (Phi) is 6.21. The second-order valence-corrected chi connectivity index (χ2v) is 5.65. The minimum Gasteiger partial charge on any atom is -0.492 e. The number of nitrogens with zero attached hydrogens (tertiary/aromatic N) is 1. The van der Waals surface area contributed by atoms with Crippen molar-refractivity contribution in [1.29, 1.82) is 5.26 Å². The zero-order valence-corrected chi connectivity index (χ0v) is 13.9. The first-order chi connectivity index (χ1) is 11.6. The average molecular weight is 323 g/mol. The fourth-order valence-corrected chi connectivity index (χ4v) is 2.10. The first-order valence-electron chi connectivity index (χ1n) is 7.86. The molecule has 0 aliphatic rings. The van der Waals surface area contributed by atoms with Gasteiger partial charge < -0.3 is 15.4 Å². The van der Waals surface area contributed by atoms with Crippen LogP contribution in [-0.2, 0) is 0 Å². The molecule has 0 aliphatic heterocycles. The van der Waals surface area contributed by atoms with Crippen molar-refractivity contribution >= 4 is 11.7 Å². The van der Waals surface area contributed by atoms with Gasteiger partial charge in [0.2, 0.25) is 0 Å². The highest BCUT2D eigenvalue weighted by Crippen LogP contribution is 2.19. The van der Waals surface area contributed by atoms with E-state index in [9.17, 15) is 4.79 Å². The van der Waals surface area contributed by atoms with Gasteiger partial charge in [0.05, 0.1) is 18.2 Å². The molecule has 0 atom stereocenters. The molecule has 0 saturated heterocycles. The second-order valence-electron chi connectivity index (χ2n) is 5.65. The molecule has 2 amide bonds. The van der Waals surface area contributed by atoms with Crippen molar-refractivity contribution in [3.05, 3.63) is 59.7 Å². The lowest BCUT2D eigenvalue weighted by Crippen LogP contribution is -2.32. The minimum atomic E-state index is -0.306. The van der Waals surface area contributed by atoms with Gasteiger partial charge in [-0.15, -0.1) is 0 Å². The van der Waals surface area contributed by atoms with Crippen molar-refractivity contribution in [3.8, 4) is 11.8 Å². The Morgan fingerprint density at radius 3 is 2.62 bits per heavy atom. The van der Waals surface area contributed by atoms with E-state index in [0.29, 0.717) is 30.3 Å². The van der Waals surface area contributed by atoms with Crippen LogP contribution >= 0.6 is 0 Å². The fourth-order valence-electron chi connectivity index (χ4n) is 2.10. The molecule has 2 N–H and O–H groups in total. The molecule has 0 unspecified atom stereocenters. The van der Waals surface area contributed by atoms with Gasteiger partial charge in [-0.3, -0.25) is 0 Å². The van der Waals surface area contributed by atoms with Crippen molar-refractivity contribution in [2.24, 2.45) is 0 Å². The Hall–Kier alpha value is -3.00. The summed E-state index contributed by atoms with van der Waals surface area (Å²) in [4.78, 5) is 11.8. The SMILES string of the molecule is CC(C)c1cccc(OCCNC(=O)Nc2ccc(C#N)cc2)c1. The van der Waals surface area contributed by atoms with Crippen molar-refractivity contribution in [3.63, 3.8) is 0 Å². The van der Waals surface area contributed by atoms with Gasteiger partial charge in [0.1, 0.15) is 12.4 Å². The van der Waals surface area contributed by atoms with Gasteiger partial charge in [-0.25, -0.2) is 4.79 Å². The lowest BCUT2D eigenvalue weighted by molar-refractivity contribution is 0.247. The van der Waals surface area contributed by atoms with E-state index in [1.165, 1.54) is 5.56 Å². The van der Waals surface area contributed by atoms with Gasteiger partial charge >= 0.3 is 6.03 Å². The molecule has 0 bridgehead atoms. The molecule has 0 fully saturated rings. The summed E-state index contributed by atoms with van der Waals surface area (Å²) in [5, 5.41) is 14.2. The molecule has 5 nitrogen and oxygen atoms in total. The number of benzene rings is 2. The number of nitriles is 1. The Morgan fingerprint density at radius 1 is 1.21 bits per heavy atom. The lowest BCUT2D eigenvalue weighted by Gasteiger charge is -2.11. The van der Waals surface area contributed by atoms with E-state index >= 15 is 0 Å². The maximum atomic E-state index is 11.8. The quantitative estimate of drug-likeness (QED) is 0.792. The average Bonchev–Trinajstić information content (AvgIpc) is 2.59. The number of hydrogen-bond acceptors (Lipinski definition) is 3. The summed E-state index contributed by atoms with van der Waals surface area (Å²) in [7, 11) is 0. The molecular weight excluding hydrogens is 302 g/mol. The van der Waals surface area contributed by atoms with Crippen LogP contribution < -0.4 is 15.4 Å². The number of anilines is 1. The zero-order chi connectivity index (χ0) is 17.4. The molecule has 0 spiro atoms. The largest absolute Gasteiger partial charge is 0.492 e. The van der Waals surface area contributed by atoms with E-state index in [1.807, 2.05) is 24.3 Å². The third-order valence-corrected chi connectivity index (χ3v) is 3.45. The molecule has 2 aromatic rings. The van der Waals surface area contributed by atoms with Crippen LogP contribution in [0.25, 0.3) is 0 Å². The summed E-state index contributed by atoms with van der Waals surface area (Å²) >= 11 is 0. The predicted octanol–water partition coefficient (Wildman–Crippen LogP) is 3.88. The monoisotopic (exact) mass is 323 g/mol. The topological polar surface area (TPSA) is 74.2 Å². The highest BCUT2D eigenvalue weighted by molar-refractivity contribution is 5.89. The lowest BCUT2D eigenvalue weighted by atomic mass is 10.0. The van der Waals surface area contributed by atoms with Crippen molar-refractivity contribution in [1.82, 2.24) is 5.32 Å². The summed E-state index contributed by atoms with van der Waals surface area (Å²) < 4.78 is 5.65. The highest BCUT2D eigenvalue weighted by Gasteiger charge is 2.03. The number of nitrogens with one attached hydrogen (secondary N) is 2. The van der Waals surface area contributed by atoms with Crippen molar-refractivity contribution < 1.29 is 9.53 Å². The third-order valence-electron chi connectivity index (χ3n) is 3.45. The van der Waals surface area contributed by atoms with Gasteiger partial charge in [-0.2, -0.15) is 5.26 Å². The van der Waals surface area contributed by atoms with Gasteiger partial charge in [-0.05, 0) is 47.9 Å². The second kappa shape index (κ2) is 8.59. The molecule has 5 heteroatoms. The highest BCUT2D eigenvalue weighted by atomic mass is 16.5. The Labute approximate surface area is 142 Å².